The molecule has 0 aliphatic rings. The summed E-state index contributed by atoms with van der Waals surface area (Å²) >= 11 is 0. The highest BCUT2D eigenvalue weighted by atomic mass is 16.6. The average molecular weight is 289 g/mol. The molecule has 7 nitrogen and oxygen atoms in total. The lowest BCUT2D eigenvalue weighted by atomic mass is 10.1. The summed E-state index contributed by atoms with van der Waals surface area (Å²) in [6.07, 6.45) is 2.90. The number of benzene rings is 1. The van der Waals surface area contributed by atoms with Crippen molar-refractivity contribution in [1.29, 1.82) is 0 Å². The quantitative estimate of drug-likeness (QED) is 0.450. The number of para-hydroxylation sites is 1. The molecule has 0 atom stereocenters. The van der Waals surface area contributed by atoms with E-state index in [2.05, 4.69) is 23.8 Å². The maximum Gasteiger partial charge on any atom is 0.294 e. The molecule has 0 radical (unpaired) electrons. The van der Waals surface area contributed by atoms with Crippen LogP contribution < -0.4 is 10.6 Å². The zero-order chi connectivity index (χ0) is 15.8. The highest BCUT2D eigenvalue weighted by Crippen LogP contribution is 2.23. The van der Waals surface area contributed by atoms with Gasteiger partial charge in [0.25, 0.3) is 17.5 Å². The number of rotatable bonds is 7. The summed E-state index contributed by atoms with van der Waals surface area (Å²) in [4.78, 5) is 34.3. The Labute approximate surface area is 121 Å². The lowest BCUT2D eigenvalue weighted by Gasteiger charge is -2.08. The average Bonchev–Trinajstić information content (AvgIpc) is 2.49. The summed E-state index contributed by atoms with van der Waals surface area (Å²) in [5.74, 6) is -1.28. The number of carbonyl (C=O) groups excluding carboxylic acids is 2. The van der Waals surface area contributed by atoms with Crippen LogP contribution in [0.25, 0.3) is 0 Å². The second-order valence-corrected chi connectivity index (χ2v) is 3.96. The minimum atomic E-state index is -0.744. The van der Waals surface area contributed by atoms with Gasteiger partial charge in [0.1, 0.15) is 11.1 Å². The van der Waals surface area contributed by atoms with Crippen LogP contribution in [0.15, 0.2) is 43.5 Å². The fourth-order valence-corrected chi connectivity index (χ4v) is 1.63. The highest BCUT2D eigenvalue weighted by molar-refractivity contribution is 6.05. The molecule has 0 aromatic heterocycles. The van der Waals surface area contributed by atoms with Gasteiger partial charge in [-0.3, -0.25) is 19.7 Å². The van der Waals surface area contributed by atoms with E-state index in [1.807, 2.05) is 0 Å². The van der Waals surface area contributed by atoms with Gasteiger partial charge in [-0.1, -0.05) is 18.2 Å². The van der Waals surface area contributed by atoms with E-state index in [1.165, 1.54) is 30.4 Å². The summed E-state index contributed by atoms with van der Waals surface area (Å²) < 4.78 is 0. The first-order valence-corrected chi connectivity index (χ1v) is 6.08. The van der Waals surface area contributed by atoms with Crippen LogP contribution in [0.1, 0.15) is 20.7 Å². The molecule has 110 valence electrons. The second kappa shape index (κ2) is 7.59. The molecule has 2 amide bonds. The van der Waals surface area contributed by atoms with Crippen molar-refractivity contribution >= 4 is 17.5 Å². The van der Waals surface area contributed by atoms with Crippen LogP contribution in [0.3, 0.4) is 0 Å². The Balaban J connectivity index is 3.24. The van der Waals surface area contributed by atoms with Gasteiger partial charge in [-0.05, 0) is 12.1 Å². The molecular formula is C14H15N3O4. The minimum absolute atomic E-state index is 0.170. The van der Waals surface area contributed by atoms with Crippen molar-refractivity contribution in [3.05, 3.63) is 64.8 Å². The van der Waals surface area contributed by atoms with E-state index in [1.54, 1.807) is 0 Å². The summed E-state index contributed by atoms with van der Waals surface area (Å²) in [5.41, 5.74) is -0.873. The van der Waals surface area contributed by atoms with Gasteiger partial charge in [0.15, 0.2) is 0 Å². The van der Waals surface area contributed by atoms with Crippen molar-refractivity contribution in [2.75, 3.05) is 13.1 Å². The monoisotopic (exact) mass is 289 g/mol. The molecule has 0 aliphatic heterocycles. The van der Waals surface area contributed by atoms with E-state index >= 15 is 0 Å². The molecule has 0 unspecified atom stereocenters. The SMILES string of the molecule is C=CCNC(=O)c1cccc(C(=O)NCC=C)c1[N+](=O)[O-]. The maximum atomic E-state index is 11.9. The van der Waals surface area contributed by atoms with Gasteiger partial charge in [-0.2, -0.15) is 0 Å². The molecule has 21 heavy (non-hydrogen) atoms. The Bertz CT molecular complexity index is 554. The molecule has 0 aliphatic carbocycles. The van der Waals surface area contributed by atoms with Gasteiger partial charge in [-0.15, -0.1) is 13.2 Å². The van der Waals surface area contributed by atoms with Gasteiger partial charge < -0.3 is 10.6 Å². The van der Waals surface area contributed by atoms with E-state index in [0.717, 1.165) is 0 Å². The molecule has 0 saturated carbocycles. The Hall–Kier alpha value is -2.96. The molecule has 2 N–H and O–H groups in total. The predicted octanol–water partition coefficient (Wildman–Crippen LogP) is 1.43. The number of amides is 2. The standard InChI is InChI=1S/C14H15N3O4/c1-3-8-15-13(18)10-6-5-7-11(12(10)17(20)21)14(19)16-9-4-2/h3-7H,1-2,8-9H2,(H,15,18)(H,16,19). The zero-order valence-electron chi connectivity index (χ0n) is 11.3. The third-order valence-corrected chi connectivity index (χ3v) is 2.52. The van der Waals surface area contributed by atoms with E-state index < -0.39 is 22.4 Å². The number of nitrogens with zero attached hydrogens (tertiary/aromatic N) is 1. The number of hydrogen-bond acceptors (Lipinski definition) is 4. The molecule has 7 heteroatoms. The van der Waals surface area contributed by atoms with Gasteiger partial charge in [-0.25, -0.2) is 0 Å². The van der Waals surface area contributed by atoms with Crippen LogP contribution >= 0.6 is 0 Å². The number of nitrogens with one attached hydrogen (secondary N) is 2. The van der Waals surface area contributed by atoms with Crippen molar-refractivity contribution in [2.24, 2.45) is 0 Å². The van der Waals surface area contributed by atoms with Gasteiger partial charge in [0, 0.05) is 13.1 Å². The van der Waals surface area contributed by atoms with E-state index in [0.29, 0.717) is 0 Å². The molecular weight excluding hydrogens is 274 g/mol. The van der Waals surface area contributed by atoms with Crippen molar-refractivity contribution < 1.29 is 14.5 Å². The van der Waals surface area contributed by atoms with Crippen molar-refractivity contribution in [2.45, 2.75) is 0 Å². The molecule has 0 bridgehead atoms. The van der Waals surface area contributed by atoms with Crippen LogP contribution in [0.2, 0.25) is 0 Å². The third kappa shape index (κ3) is 4.00. The van der Waals surface area contributed by atoms with Crippen LogP contribution in [0.5, 0.6) is 0 Å². The van der Waals surface area contributed by atoms with Crippen molar-refractivity contribution in [1.82, 2.24) is 10.6 Å². The Morgan fingerprint density at radius 1 is 1.10 bits per heavy atom. The first-order valence-electron chi connectivity index (χ1n) is 6.08. The molecule has 0 fully saturated rings. The molecule has 0 saturated heterocycles. The fraction of sp³-hybridized carbons (Fsp3) is 0.143. The van der Waals surface area contributed by atoms with Crippen LogP contribution in [-0.4, -0.2) is 29.8 Å². The fourth-order valence-electron chi connectivity index (χ4n) is 1.63. The maximum absolute atomic E-state index is 11.9. The Morgan fingerprint density at radius 2 is 1.52 bits per heavy atom. The molecule has 1 aromatic carbocycles. The van der Waals surface area contributed by atoms with Crippen molar-refractivity contribution in [3.63, 3.8) is 0 Å². The molecule has 1 aromatic rings. The number of nitro groups is 1. The summed E-state index contributed by atoms with van der Waals surface area (Å²) in [6.45, 7) is 7.22. The van der Waals surface area contributed by atoms with Gasteiger partial charge in [0.05, 0.1) is 4.92 Å². The largest absolute Gasteiger partial charge is 0.348 e. The predicted molar refractivity (Wildman–Crippen MR) is 78.2 cm³/mol. The number of hydrogen-bond donors (Lipinski definition) is 2. The van der Waals surface area contributed by atoms with Gasteiger partial charge >= 0.3 is 0 Å². The Kier molecular flexibility index (Phi) is 5.81. The Morgan fingerprint density at radius 3 is 1.86 bits per heavy atom. The summed E-state index contributed by atoms with van der Waals surface area (Å²) in [5, 5.41) is 16.1. The summed E-state index contributed by atoms with van der Waals surface area (Å²) in [7, 11) is 0. The highest BCUT2D eigenvalue weighted by Gasteiger charge is 2.27. The topological polar surface area (TPSA) is 101 Å². The van der Waals surface area contributed by atoms with E-state index in [9.17, 15) is 19.7 Å². The van der Waals surface area contributed by atoms with Crippen LogP contribution in [0, 0.1) is 10.1 Å². The van der Waals surface area contributed by atoms with Crippen LogP contribution in [-0.2, 0) is 0 Å². The van der Waals surface area contributed by atoms with Gasteiger partial charge in [0.2, 0.25) is 0 Å². The molecule has 0 spiro atoms. The normalized spacial score (nSPS) is 9.52. The molecule has 1 rings (SSSR count). The zero-order valence-corrected chi connectivity index (χ0v) is 11.3. The first kappa shape index (κ1) is 16.1. The lowest BCUT2D eigenvalue weighted by molar-refractivity contribution is -0.385. The van der Waals surface area contributed by atoms with E-state index in [4.69, 9.17) is 0 Å². The number of nitro benzene ring substituents is 1. The second-order valence-electron chi connectivity index (χ2n) is 3.96. The number of carbonyl (C=O) groups is 2. The first-order chi connectivity index (χ1) is 10.0. The summed E-state index contributed by atoms with van der Waals surface area (Å²) in [6, 6.07) is 4.00. The molecule has 0 heterocycles. The minimum Gasteiger partial charge on any atom is -0.348 e. The van der Waals surface area contributed by atoms with E-state index in [-0.39, 0.29) is 24.2 Å². The smallest absolute Gasteiger partial charge is 0.294 e. The lowest BCUT2D eigenvalue weighted by Crippen LogP contribution is -2.27. The van der Waals surface area contributed by atoms with Crippen LogP contribution in [0.4, 0.5) is 5.69 Å². The third-order valence-electron chi connectivity index (χ3n) is 2.52. The van der Waals surface area contributed by atoms with Crippen molar-refractivity contribution in [3.8, 4) is 0 Å².